The number of nitrogen functional groups attached to an aromatic ring is 1. The third kappa shape index (κ3) is 3.64. The minimum atomic E-state index is -0.521. The first-order chi connectivity index (χ1) is 9.67. The minimum Gasteiger partial charge on any atom is -0.456 e. The molecule has 0 saturated heterocycles. The quantitative estimate of drug-likeness (QED) is 0.827. The SMILES string of the molecule is Cc1ccc(C)c(-c2cc(N)c(C(=O)OC(C)(C)C)s2)c1. The summed E-state index contributed by atoms with van der Waals surface area (Å²) in [7, 11) is 0. The molecule has 112 valence electrons. The van der Waals surface area contributed by atoms with Gasteiger partial charge in [0.2, 0.25) is 0 Å². The van der Waals surface area contributed by atoms with Gasteiger partial charge in [-0.05, 0) is 51.8 Å². The molecule has 2 N–H and O–H groups in total. The first-order valence-corrected chi connectivity index (χ1v) is 7.69. The maximum absolute atomic E-state index is 12.2. The number of anilines is 1. The van der Waals surface area contributed by atoms with Gasteiger partial charge >= 0.3 is 5.97 Å². The van der Waals surface area contributed by atoms with Gasteiger partial charge in [-0.2, -0.15) is 0 Å². The molecule has 2 aromatic rings. The minimum absolute atomic E-state index is 0.360. The number of esters is 1. The Kier molecular flexibility index (Phi) is 4.10. The molecule has 0 unspecified atom stereocenters. The van der Waals surface area contributed by atoms with Crippen molar-refractivity contribution in [2.45, 2.75) is 40.2 Å². The average molecular weight is 303 g/mol. The zero-order valence-electron chi connectivity index (χ0n) is 13.1. The standard InChI is InChI=1S/C17H21NO2S/c1-10-6-7-11(2)12(8-10)14-9-13(18)15(21-14)16(19)20-17(3,4)5/h6-9H,18H2,1-5H3. The lowest BCUT2D eigenvalue weighted by molar-refractivity contribution is 0.00764. The van der Waals surface area contributed by atoms with Crippen molar-refractivity contribution in [3.63, 3.8) is 0 Å². The molecule has 1 aromatic heterocycles. The summed E-state index contributed by atoms with van der Waals surface area (Å²) < 4.78 is 5.40. The summed E-state index contributed by atoms with van der Waals surface area (Å²) in [5.41, 5.74) is 9.41. The third-order valence-electron chi connectivity index (χ3n) is 3.00. The van der Waals surface area contributed by atoms with Gasteiger partial charge in [0, 0.05) is 4.88 Å². The van der Waals surface area contributed by atoms with E-state index in [4.69, 9.17) is 10.5 Å². The van der Waals surface area contributed by atoms with E-state index in [-0.39, 0.29) is 5.97 Å². The third-order valence-corrected chi connectivity index (χ3v) is 4.17. The Bertz CT molecular complexity index is 681. The highest BCUT2D eigenvalue weighted by molar-refractivity contribution is 7.18. The molecule has 0 aliphatic heterocycles. The lowest BCUT2D eigenvalue weighted by Gasteiger charge is -2.18. The Balaban J connectivity index is 2.39. The van der Waals surface area contributed by atoms with Crippen LogP contribution >= 0.6 is 11.3 Å². The van der Waals surface area contributed by atoms with E-state index in [1.54, 1.807) is 0 Å². The van der Waals surface area contributed by atoms with E-state index < -0.39 is 5.60 Å². The first-order valence-electron chi connectivity index (χ1n) is 6.87. The topological polar surface area (TPSA) is 52.3 Å². The summed E-state index contributed by atoms with van der Waals surface area (Å²) in [5.74, 6) is -0.360. The van der Waals surface area contributed by atoms with Crippen molar-refractivity contribution in [3.05, 3.63) is 40.3 Å². The first kappa shape index (κ1) is 15.6. The second-order valence-electron chi connectivity index (χ2n) is 6.22. The fourth-order valence-corrected chi connectivity index (χ4v) is 3.06. The molecule has 0 fully saturated rings. The lowest BCUT2D eigenvalue weighted by atomic mass is 10.0. The Morgan fingerprint density at radius 2 is 1.86 bits per heavy atom. The summed E-state index contributed by atoms with van der Waals surface area (Å²) >= 11 is 1.38. The number of benzene rings is 1. The number of hydrogen-bond acceptors (Lipinski definition) is 4. The molecule has 4 heteroatoms. The maximum atomic E-state index is 12.2. The predicted molar refractivity (Wildman–Crippen MR) is 88.8 cm³/mol. The molecule has 0 saturated carbocycles. The summed E-state index contributed by atoms with van der Waals surface area (Å²) in [5, 5.41) is 0. The number of nitrogens with two attached hydrogens (primary N) is 1. The highest BCUT2D eigenvalue weighted by Crippen LogP contribution is 2.36. The Hall–Kier alpha value is -1.81. The van der Waals surface area contributed by atoms with E-state index in [1.165, 1.54) is 16.9 Å². The Morgan fingerprint density at radius 3 is 2.48 bits per heavy atom. The molecular formula is C17H21NO2S. The fraction of sp³-hybridized carbons (Fsp3) is 0.353. The molecule has 0 amide bonds. The highest BCUT2D eigenvalue weighted by atomic mass is 32.1. The lowest BCUT2D eigenvalue weighted by Crippen LogP contribution is -2.23. The van der Waals surface area contributed by atoms with Crippen LogP contribution in [0.25, 0.3) is 10.4 Å². The van der Waals surface area contributed by atoms with E-state index in [2.05, 4.69) is 32.0 Å². The number of rotatable bonds is 2. The number of thiophene rings is 1. The molecular weight excluding hydrogens is 282 g/mol. The molecule has 1 aromatic carbocycles. The zero-order valence-corrected chi connectivity index (χ0v) is 13.9. The van der Waals surface area contributed by atoms with Crippen LogP contribution in [-0.2, 0) is 4.74 Å². The van der Waals surface area contributed by atoms with E-state index >= 15 is 0 Å². The summed E-state index contributed by atoms with van der Waals surface area (Å²) in [4.78, 5) is 13.7. The molecule has 0 aliphatic carbocycles. The van der Waals surface area contributed by atoms with Crippen LogP contribution in [0.4, 0.5) is 5.69 Å². The number of ether oxygens (including phenoxy) is 1. The van der Waals surface area contributed by atoms with Crippen molar-refractivity contribution in [2.24, 2.45) is 0 Å². The van der Waals surface area contributed by atoms with E-state index in [0.717, 1.165) is 16.0 Å². The van der Waals surface area contributed by atoms with Crippen LogP contribution in [0.3, 0.4) is 0 Å². The molecule has 3 nitrogen and oxygen atoms in total. The van der Waals surface area contributed by atoms with Gasteiger partial charge in [-0.1, -0.05) is 23.8 Å². The molecule has 0 radical (unpaired) electrons. The summed E-state index contributed by atoms with van der Waals surface area (Å²) in [6.07, 6.45) is 0. The van der Waals surface area contributed by atoms with Gasteiger partial charge in [0.05, 0.1) is 5.69 Å². The number of aryl methyl sites for hydroxylation is 2. The van der Waals surface area contributed by atoms with Crippen molar-refractivity contribution in [3.8, 4) is 10.4 Å². The van der Waals surface area contributed by atoms with Gasteiger partial charge in [0.1, 0.15) is 10.5 Å². The fourth-order valence-electron chi connectivity index (χ4n) is 2.02. The average Bonchev–Trinajstić information content (AvgIpc) is 2.72. The van der Waals surface area contributed by atoms with E-state index in [9.17, 15) is 4.79 Å². The molecule has 2 rings (SSSR count). The second-order valence-corrected chi connectivity index (χ2v) is 7.27. The van der Waals surface area contributed by atoms with Crippen molar-refractivity contribution in [2.75, 3.05) is 5.73 Å². The largest absolute Gasteiger partial charge is 0.456 e. The van der Waals surface area contributed by atoms with Crippen molar-refractivity contribution in [1.82, 2.24) is 0 Å². The van der Waals surface area contributed by atoms with Crippen molar-refractivity contribution < 1.29 is 9.53 Å². The molecule has 0 atom stereocenters. The van der Waals surface area contributed by atoms with Crippen LogP contribution in [0.5, 0.6) is 0 Å². The predicted octanol–water partition coefficient (Wildman–Crippen LogP) is 4.57. The van der Waals surface area contributed by atoms with Crippen molar-refractivity contribution in [1.29, 1.82) is 0 Å². The summed E-state index contributed by atoms with van der Waals surface area (Å²) in [6, 6.07) is 8.11. The molecule has 0 spiro atoms. The zero-order chi connectivity index (χ0) is 15.8. The van der Waals surface area contributed by atoms with Crippen LogP contribution in [0.1, 0.15) is 41.6 Å². The number of hydrogen-bond donors (Lipinski definition) is 1. The smallest absolute Gasteiger partial charge is 0.350 e. The van der Waals surface area contributed by atoms with Crippen LogP contribution in [0, 0.1) is 13.8 Å². The van der Waals surface area contributed by atoms with Crippen LogP contribution < -0.4 is 5.73 Å². The van der Waals surface area contributed by atoms with Gasteiger partial charge in [0.15, 0.2) is 0 Å². The Morgan fingerprint density at radius 1 is 1.19 bits per heavy atom. The monoisotopic (exact) mass is 303 g/mol. The van der Waals surface area contributed by atoms with Gasteiger partial charge in [-0.25, -0.2) is 4.79 Å². The number of carbonyl (C=O) groups is 1. The molecule has 1 heterocycles. The highest BCUT2D eigenvalue weighted by Gasteiger charge is 2.22. The van der Waals surface area contributed by atoms with Gasteiger partial charge in [-0.15, -0.1) is 11.3 Å². The van der Waals surface area contributed by atoms with E-state index in [1.807, 2.05) is 26.8 Å². The Labute approximate surface area is 129 Å². The van der Waals surface area contributed by atoms with Crippen LogP contribution in [0.2, 0.25) is 0 Å². The van der Waals surface area contributed by atoms with Crippen LogP contribution in [-0.4, -0.2) is 11.6 Å². The molecule has 21 heavy (non-hydrogen) atoms. The maximum Gasteiger partial charge on any atom is 0.350 e. The van der Waals surface area contributed by atoms with E-state index in [0.29, 0.717) is 10.6 Å². The number of carbonyl (C=O) groups excluding carboxylic acids is 1. The molecule has 0 bridgehead atoms. The summed E-state index contributed by atoms with van der Waals surface area (Å²) in [6.45, 7) is 9.65. The van der Waals surface area contributed by atoms with Gasteiger partial charge in [-0.3, -0.25) is 0 Å². The second kappa shape index (κ2) is 5.53. The van der Waals surface area contributed by atoms with Crippen LogP contribution in [0.15, 0.2) is 24.3 Å². The normalized spacial score (nSPS) is 11.5. The molecule has 0 aliphatic rings. The van der Waals surface area contributed by atoms with Crippen molar-refractivity contribution >= 4 is 23.0 Å². The van der Waals surface area contributed by atoms with Gasteiger partial charge < -0.3 is 10.5 Å². The van der Waals surface area contributed by atoms with Gasteiger partial charge in [0.25, 0.3) is 0 Å².